The summed E-state index contributed by atoms with van der Waals surface area (Å²) in [6, 6.07) is 1.92. The molecule has 136 valence electrons. The Hall–Kier alpha value is -1.63. The monoisotopic (exact) mass is 362 g/mol. The molecule has 6 nitrogen and oxygen atoms in total. The van der Waals surface area contributed by atoms with Crippen molar-refractivity contribution in [2.75, 3.05) is 31.9 Å². The molecule has 3 rings (SSSR count). The van der Waals surface area contributed by atoms with Crippen molar-refractivity contribution in [2.24, 2.45) is 5.92 Å². The van der Waals surface area contributed by atoms with E-state index in [0.717, 1.165) is 24.2 Å². The van der Waals surface area contributed by atoms with Gasteiger partial charge in [-0.15, -0.1) is 0 Å². The molecule has 1 saturated carbocycles. The fourth-order valence-electron chi connectivity index (χ4n) is 3.58. The van der Waals surface area contributed by atoms with E-state index < -0.39 is 0 Å². The number of aromatic nitrogens is 2. The van der Waals surface area contributed by atoms with Crippen LogP contribution in [-0.4, -0.2) is 63.5 Å². The van der Waals surface area contributed by atoms with Crippen molar-refractivity contribution in [2.45, 2.75) is 44.7 Å². The van der Waals surface area contributed by atoms with E-state index in [1.807, 2.05) is 29.7 Å². The Bertz CT molecular complexity index is 618. The number of hydrogen-bond donors (Lipinski definition) is 0. The van der Waals surface area contributed by atoms with Gasteiger partial charge in [0, 0.05) is 43.5 Å². The van der Waals surface area contributed by atoms with Crippen LogP contribution >= 0.6 is 11.8 Å². The van der Waals surface area contributed by atoms with E-state index in [2.05, 4.69) is 9.97 Å². The Morgan fingerprint density at radius 2 is 1.60 bits per heavy atom. The number of rotatable bonds is 4. The van der Waals surface area contributed by atoms with Crippen molar-refractivity contribution in [1.29, 1.82) is 0 Å². The summed E-state index contributed by atoms with van der Waals surface area (Å²) >= 11 is 1.38. The third-order valence-electron chi connectivity index (χ3n) is 4.93. The van der Waals surface area contributed by atoms with Crippen molar-refractivity contribution in [3.63, 3.8) is 0 Å². The van der Waals surface area contributed by atoms with E-state index in [4.69, 9.17) is 0 Å². The standard InChI is InChI=1S/C18H26N4O2S/c1-13-11-14(2)20-18(19-13)25-12-16(23)21-7-9-22(10-8-21)17(24)15-5-3-4-6-15/h11,15H,3-10,12H2,1-2H3. The Morgan fingerprint density at radius 3 is 2.20 bits per heavy atom. The highest BCUT2D eigenvalue weighted by molar-refractivity contribution is 7.99. The molecule has 7 heteroatoms. The quantitative estimate of drug-likeness (QED) is 0.606. The van der Waals surface area contributed by atoms with Crippen LogP contribution in [0.5, 0.6) is 0 Å². The molecule has 1 aromatic heterocycles. The maximum Gasteiger partial charge on any atom is 0.233 e. The van der Waals surface area contributed by atoms with Crippen molar-refractivity contribution in [3.05, 3.63) is 17.5 Å². The van der Waals surface area contributed by atoms with Crippen LogP contribution in [0.1, 0.15) is 37.1 Å². The molecule has 1 aromatic rings. The van der Waals surface area contributed by atoms with Gasteiger partial charge in [0.1, 0.15) is 0 Å². The maximum absolute atomic E-state index is 12.5. The van der Waals surface area contributed by atoms with Crippen LogP contribution in [0.4, 0.5) is 0 Å². The van der Waals surface area contributed by atoms with Gasteiger partial charge in [0.05, 0.1) is 5.75 Å². The number of nitrogens with zero attached hydrogens (tertiary/aromatic N) is 4. The van der Waals surface area contributed by atoms with E-state index in [1.54, 1.807) is 0 Å². The molecule has 0 bridgehead atoms. The first kappa shape index (κ1) is 18.2. The molecule has 0 aromatic carbocycles. The highest BCUT2D eigenvalue weighted by atomic mass is 32.2. The lowest BCUT2D eigenvalue weighted by Crippen LogP contribution is -2.52. The van der Waals surface area contributed by atoms with Crippen molar-refractivity contribution in [1.82, 2.24) is 19.8 Å². The van der Waals surface area contributed by atoms with Gasteiger partial charge in [-0.25, -0.2) is 9.97 Å². The molecule has 0 radical (unpaired) electrons. The minimum atomic E-state index is 0.0979. The highest BCUT2D eigenvalue weighted by Gasteiger charge is 2.30. The summed E-state index contributed by atoms with van der Waals surface area (Å²) in [4.78, 5) is 37.4. The predicted octanol–water partition coefficient (Wildman–Crippen LogP) is 2.05. The van der Waals surface area contributed by atoms with Crippen LogP contribution < -0.4 is 0 Å². The molecule has 0 atom stereocenters. The van der Waals surface area contributed by atoms with Gasteiger partial charge < -0.3 is 9.80 Å². The number of thioether (sulfide) groups is 1. The number of amides is 2. The van der Waals surface area contributed by atoms with Crippen molar-refractivity contribution < 1.29 is 9.59 Å². The van der Waals surface area contributed by atoms with Crippen LogP contribution in [0.2, 0.25) is 0 Å². The van der Waals surface area contributed by atoms with Crippen LogP contribution in [0.3, 0.4) is 0 Å². The molecule has 0 spiro atoms. The maximum atomic E-state index is 12.5. The normalized spacial score (nSPS) is 18.6. The predicted molar refractivity (Wildman–Crippen MR) is 97.3 cm³/mol. The van der Waals surface area contributed by atoms with Gasteiger partial charge in [-0.05, 0) is 32.8 Å². The second-order valence-corrected chi connectivity index (χ2v) is 7.85. The Balaban J connectivity index is 1.45. The molecule has 0 N–H and O–H groups in total. The average molecular weight is 362 g/mol. The van der Waals surface area contributed by atoms with Crippen LogP contribution in [0, 0.1) is 19.8 Å². The van der Waals surface area contributed by atoms with Crippen molar-refractivity contribution in [3.8, 4) is 0 Å². The lowest BCUT2D eigenvalue weighted by atomic mass is 10.1. The van der Waals surface area contributed by atoms with Gasteiger partial charge in [-0.2, -0.15) is 0 Å². The first-order chi connectivity index (χ1) is 12.0. The van der Waals surface area contributed by atoms with Crippen LogP contribution in [0.25, 0.3) is 0 Å². The molecule has 1 saturated heterocycles. The largest absolute Gasteiger partial charge is 0.339 e. The molecule has 2 heterocycles. The zero-order valence-electron chi connectivity index (χ0n) is 15.0. The first-order valence-electron chi connectivity index (χ1n) is 9.04. The van der Waals surface area contributed by atoms with Gasteiger partial charge >= 0.3 is 0 Å². The summed E-state index contributed by atoms with van der Waals surface area (Å²) < 4.78 is 0. The fourth-order valence-corrected chi connectivity index (χ4v) is 4.44. The summed E-state index contributed by atoms with van der Waals surface area (Å²) in [6.45, 7) is 6.44. The van der Waals surface area contributed by atoms with Gasteiger partial charge in [0.25, 0.3) is 0 Å². The Kier molecular flexibility index (Phi) is 5.93. The summed E-state index contributed by atoms with van der Waals surface area (Å²) in [5.41, 5.74) is 1.84. The van der Waals surface area contributed by atoms with Gasteiger partial charge in [0.2, 0.25) is 11.8 Å². The minimum Gasteiger partial charge on any atom is -0.339 e. The number of carbonyl (C=O) groups is 2. The Morgan fingerprint density at radius 1 is 1.04 bits per heavy atom. The first-order valence-corrected chi connectivity index (χ1v) is 10.0. The highest BCUT2D eigenvalue weighted by Crippen LogP contribution is 2.27. The number of piperazine rings is 1. The molecule has 2 amide bonds. The molecule has 2 aliphatic rings. The average Bonchev–Trinajstić information content (AvgIpc) is 3.13. The number of carbonyl (C=O) groups excluding carboxylic acids is 2. The van der Waals surface area contributed by atoms with Gasteiger partial charge in [-0.3, -0.25) is 9.59 Å². The molecule has 25 heavy (non-hydrogen) atoms. The molecule has 1 aliphatic carbocycles. The zero-order chi connectivity index (χ0) is 17.8. The van der Waals surface area contributed by atoms with Gasteiger partial charge in [0.15, 0.2) is 5.16 Å². The van der Waals surface area contributed by atoms with E-state index in [-0.39, 0.29) is 11.8 Å². The zero-order valence-corrected chi connectivity index (χ0v) is 15.8. The van der Waals surface area contributed by atoms with Gasteiger partial charge in [-0.1, -0.05) is 24.6 Å². The molecular formula is C18H26N4O2S. The second-order valence-electron chi connectivity index (χ2n) is 6.91. The fraction of sp³-hybridized carbons (Fsp3) is 0.667. The topological polar surface area (TPSA) is 66.4 Å². The third-order valence-corrected chi connectivity index (χ3v) is 5.77. The molecule has 0 unspecified atom stereocenters. The minimum absolute atomic E-state index is 0.0979. The van der Waals surface area contributed by atoms with E-state index >= 15 is 0 Å². The Labute approximate surface area is 153 Å². The van der Waals surface area contributed by atoms with E-state index in [0.29, 0.717) is 43.0 Å². The third kappa shape index (κ3) is 4.71. The van der Waals surface area contributed by atoms with Crippen LogP contribution in [-0.2, 0) is 9.59 Å². The van der Waals surface area contributed by atoms with E-state index in [1.165, 1.54) is 24.6 Å². The van der Waals surface area contributed by atoms with E-state index in [9.17, 15) is 9.59 Å². The second kappa shape index (κ2) is 8.17. The summed E-state index contributed by atoms with van der Waals surface area (Å²) in [5.74, 6) is 0.960. The smallest absolute Gasteiger partial charge is 0.233 e. The molecular weight excluding hydrogens is 336 g/mol. The number of aryl methyl sites for hydroxylation is 2. The summed E-state index contributed by atoms with van der Waals surface area (Å²) in [7, 11) is 0. The number of hydrogen-bond acceptors (Lipinski definition) is 5. The summed E-state index contributed by atoms with van der Waals surface area (Å²) in [5, 5.41) is 0.654. The van der Waals surface area contributed by atoms with Crippen molar-refractivity contribution >= 4 is 23.6 Å². The van der Waals surface area contributed by atoms with Crippen LogP contribution in [0.15, 0.2) is 11.2 Å². The SMILES string of the molecule is Cc1cc(C)nc(SCC(=O)N2CCN(C(=O)C3CCCC3)CC2)n1. The summed E-state index contributed by atoms with van der Waals surface area (Å²) in [6.07, 6.45) is 4.41. The lowest BCUT2D eigenvalue weighted by Gasteiger charge is -2.36. The molecule has 2 fully saturated rings. The lowest BCUT2D eigenvalue weighted by molar-refractivity contribution is -0.141. The molecule has 1 aliphatic heterocycles.